The zero-order valence-corrected chi connectivity index (χ0v) is 33.2. The number of rotatable bonds is 5. The maximum absolute atomic E-state index is 6.14. The smallest absolute Gasteiger partial charge is 0.135 e. The molecule has 57 heavy (non-hydrogen) atoms. The van der Waals surface area contributed by atoms with Crippen molar-refractivity contribution in [2.45, 2.75) is 6.92 Å². The van der Waals surface area contributed by atoms with Crippen LogP contribution in [-0.2, 0) is 20.1 Å². The van der Waals surface area contributed by atoms with Crippen LogP contribution in [0.2, 0.25) is 0 Å². The molecule has 0 amide bonds. The van der Waals surface area contributed by atoms with E-state index in [1.54, 1.807) is 6.20 Å². The van der Waals surface area contributed by atoms with E-state index in [1.165, 1.54) is 16.7 Å². The number of imidazole rings is 1. The molecular weight excluding hydrogens is 879 g/mol. The molecule has 4 aromatic heterocycles. The average Bonchev–Trinajstić information content (AvgIpc) is 3.97. The second kappa shape index (κ2) is 15.4. The van der Waals surface area contributed by atoms with E-state index in [2.05, 4.69) is 138 Å². The SMILES string of the molecule is Cc1ccc2c(c1)oc1ccc(-c3ccc4o[c-]c(-c5nc6ccccc6n5-c5ccc(-c6ccccc6)cc5)c4c3)cc12.[Ir].[c-]1ccccc1-c1ccccn1. The molecular formula is C51H33IrN3O2-2. The first-order chi connectivity index (χ1) is 27.7. The van der Waals surface area contributed by atoms with Crippen molar-refractivity contribution < 1.29 is 28.9 Å². The Morgan fingerprint density at radius 2 is 1.28 bits per heavy atom. The van der Waals surface area contributed by atoms with Gasteiger partial charge in [0.2, 0.25) is 0 Å². The van der Waals surface area contributed by atoms with Crippen LogP contribution < -0.4 is 0 Å². The topological polar surface area (TPSA) is 57.0 Å². The van der Waals surface area contributed by atoms with Gasteiger partial charge in [-0.15, -0.1) is 35.9 Å². The van der Waals surface area contributed by atoms with E-state index in [-0.39, 0.29) is 20.1 Å². The third-order valence-corrected chi connectivity index (χ3v) is 10.1. The minimum absolute atomic E-state index is 0. The second-order valence-corrected chi connectivity index (χ2v) is 13.8. The predicted octanol–water partition coefficient (Wildman–Crippen LogP) is 13.3. The summed E-state index contributed by atoms with van der Waals surface area (Å²) in [4.78, 5) is 9.32. The Kier molecular flexibility index (Phi) is 9.65. The molecule has 0 atom stereocenters. The summed E-state index contributed by atoms with van der Waals surface area (Å²) in [6, 6.07) is 63.2. The Balaban J connectivity index is 0.000000279. The van der Waals surface area contributed by atoms with Crippen LogP contribution in [0.25, 0.3) is 94.5 Å². The summed E-state index contributed by atoms with van der Waals surface area (Å²) in [7, 11) is 0. The first kappa shape index (κ1) is 35.8. The number of hydrogen-bond donors (Lipinski definition) is 0. The van der Waals surface area contributed by atoms with Crippen LogP contribution in [-0.4, -0.2) is 14.5 Å². The molecule has 0 aliphatic rings. The molecule has 0 aliphatic heterocycles. The van der Waals surface area contributed by atoms with Crippen molar-refractivity contribution in [1.82, 2.24) is 14.5 Å². The number of fused-ring (bicyclic) bond motifs is 5. The van der Waals surface area contributed by atoms with Gasteiger partial charge in [0.15, 0.2) is 0 Å². The molecule has 0 saturated carbocycles. The Hall–Kier alpha value is -6.85. The summed E-state index contributed by atoms with van der Waals surface area (Å²) in [6.07, 6.45) is 4.99. The molecule has 0 aliphatic carbocycles. The van der Waals surface area contributed by atoms with E-state index < -0.39 is 0 Å². The zero-order valence-electron chi connectivity index (χ0n) is 30.8. The molecule has 4 heterocycles. The van der Waals surface area contributed by atoms with Gasteiger partial charge in [-0.05, 0) is 89.0 Å². The Labute approximate surface area is 343 Å². The Morgan fingerprint density at radius 1 is 0.561 bits per heavy atom. The van der Waals surface area contributed by atoms with Gasteiger partial charge < -0.3 is 18.4 Å². The van der Waals surface area contributed by atoms with E-state index in [1.807, 2.05) is 66.7 Å². The van der Waals surface area contributed by atoms with Crippen molar-refractivity contribution in [3.8, 4) is 50.6 Å². The van der Waals surface area contributed by atoms with Crippen molar-refractivity contribution >= 4 is 43.9 Å². The number of pyridine rings is 1. The van der Waals surface area contributed by atoms with Crippen LogP contribution in [0.4, 0.5) is 0 Å². The van der Waals surface area contributed by atoms with Crippen LogP contribution in [0, 0.1) is 19.3 Å². The van der Waals surface area contributed by atoms with Crippen molar-refractivity contribution in [3.05, 3.63) is 200 Å². The quantitative estimate of drug-likeness (QED) is 0.161. The molecule has 11 rings (SSSR count). The number of hydrogen-bond acceptors (Lipinski definition) is 4. The van der Waals surface area contributed by atoms with Gasteiger partial charge in [-0.1, -0.05) is 114 Å². The van der Waals surface area contributed by atoms with Crippen molar-refractivity contribution in [3.63, 3.8) is 0 Å². The van der Waals surface area contributed by atoms with Gasteiger partial charge in [-0.3, -0.25) is 4.98 Å². The second-order valence-electron chi connectivity index (χ2n) is 13.8. The first-order valence-corrected chi connectivity index (χ1v) is 18.6. The number of benzene rings is 7. The van der Waals surface area contributed by atoms with Gasteiger partial charge >= 0.3 is 0 Å². The normalized spacial score (nSPS) is 11.1. The number of furan rings is 2. The van der Waals surface area contributed by atoms with E-state index in [9.17, 15) is 0 Å². The fraction of sp³-hybridized carbons (Fsp3) is 0.0196. The summed E-state index contributed by atoms with van der Waals surface area (Å²) in [6.45, 7) is 2.08. The van der Waals surface area contributed by atoms with Gasteiger partial charge in [0, 0.05) is 54.6 Å². The van der Waals surface area contributed by atoms with E-state index >= 15 is 0 Å². The van der Waals surface area contributed by atoms with Gasteiger partial charge in [0.05, 0.1) is 16.9 Å². The largest absolute Gasteiger partial charge is 0.557 e. The predicted molar refractivity (Wildman–Crippen MR) is 227 cm³/mol. The van der Waals surface area contributed by atoms with Crippen LogP contribution in [0.5, 0.6) is 0 Å². The van der Waals surface area contributed by atoms with Gasteiger partial charge in [-0.25, -0.2) is 0 Å². The molecule has 0 unspecified atom stereocenters. The summed E-state index contributed by atoms with van der Waals surface area (Å²) < 4.78 is 14.3. The van der Waals surface area contributed by atoms with Crippen LogP contribution >= 0.6 is 0 Å². The van der Waals surface area contributed by atoms with Crippen molar-refractivity contribution in [2.75, 3.05) is 0 Å². The molecule has 5 nitrogen and oxygen atoms in total. The van der Waals surface area contributed by atoms with Crippen LogP contribution in [0.1, 0.15) is 5.56 Å². The summed E-state index contributed by atoms with van der Waals surface area (Å²) in [5, 5.41) is 3.20. The van der Waals surface area contributed by atoms with E-state index in [0.717, 1.165) is 83.4 Å². The third kappa shape index (κ3) is 6.87. The molecule has 7 aromatic carbocycles. The fourth-order valence-corrected chi connectivity index (χ4v) is 7.35. The van der Waals surface area contributed by atoms with E-state index in [4.69, 9.17) is 13.8 Å². The molecule has 1 radical (unpaired) electrons. The van der Waals surface area contributed by atoms with Crippen LogP contribution in [0.15, 0.2) is 191 Å². The van der Waals surface area contributed by atoms with Crippen molar-refractivity contribution in [1.29, 1.82) is 0 Å². The van der Waals surface area contributed by atoms with Gasteiger partial charge in [-0.2, -0.15) is 0 Å². The maximum atomic E-state index is 6.14. The number of aromatic nitrogens is 3. The summed E-state index contributed by atoms with van der Waals surface area (Å²) in [5.41, 5.74) is 14.1. The van der Waals surface area contributed by atoms with E-state index in [0.29, 0.717) is 0 Å². The van der Waals surface area contributed by atoms with Crippen LogP contribution in [0.3, 0.4) is 0 Å². The molecule has 0 spiro atoms. The standard InChI is InChI=1S/C40H25N2O2.C11H8N.Ir/c1-25-11-18-31-32-22-29(15-20-38(32)44-39(31)21-25)28-14-19-37-33(23-28)34(24-43-37)40-41-35-9-5-6-10-36(35)42(40)30-16-12-27(13-17-30)26-7-3-2-4-8-26;1-2-6-10(7-3-1)11-8-4-5-9-12-11;/h2-23H,1H3;1-6,8-9H;/q2*-1;. The molecule has 0 bridgehead atoms. The Bertz CT molecular complexity index is 3090. The fourth-order valence-electron chi connectivity index (χ4n) is 7.35. The first-order valence-electron chi connectivity index (χ1n) is 18.6. The minimum atomic E-state index is 0. The van der Waals surface area contributed by atoms with Gasteiger partial charge in [0.1, 0.15) is 11.2 Å². The average molecular weight is 912 g/mol. The molecule has 0 N–H and O–H groups in total. The maximum Gasteiger partial charge on any atom is 0.135 e. The Morgan fingerprint density at radius 3 is 2.07 bits per heavy atom. The molecule has 275 valence electrons. The minimum Gasteiger partial charge on any atom is -0.557 e. The number of aryl methyl sites for hydroxylation is 1. The summed E-state index contributed by atoms with van der Waals surface area (Å²) in [5.74, 6) is 0.793. The number of para-hydroxylation sites is 2. The number of nitrogens with zero attached hydrogens (tertiary/aromatic N) is 3. The zero-order chi connectivity index (χ0) is 37.4. The third-order valence-electron chi connectivity index (χ3n) is 10.1. The monoisotopic (exact) mass is 912 g/mol. The van der Waals surface area contributed by atoms with Crippen molar-refractivity contribution in [2.24, 2.45) is 0 Å². The molecule has 0 fully saturated rings. The molecule has 11 aromatic rings. The molecule has 0 saturated heterocycles. The summed E-state index contributed by atoms with van der Waals surface area (Å²) >= 11 is 0. The molecule has 6 heteroatoms. The van der Waals surface area contributed by atoms with Gasteiger partial charge in [0.25, 0.3) is 0 Å².